The molecule has 0 spiro atoms. The van der Waals surface area contributed by atoms with E-state index in [0.29, 0.717) is 16.9 Å². The molecule has 0 amide bonds. The Kier molecular flexibility index (Phi) is 3.27. The van der Waals surface area contributed by atoms with E-state index in [1.807, 2.05) is 0 Å². The standard InChI is InChI=1S/C15H18F2N2/c1-19(12-3-2-4-12)6-5-10-9-18-15-13(10)7-11(16)8-14(15)17/h7-9,12,18H,2-6H2,1H3. The van der Waals surface area contributed by atoms with Crippen molar-refractivity contribution in [3.05, 3.63) is 35.5 Å². The zero-order valence-electron chi connectivity index (χ0n) is 11.0. The molecule has 2 aromatic rings. The van der Waals surface area contributed by atoms with Crippen LogP contribution in [0.1, 0.15) is 24.8 Å². The van der Waals surface area contributed by atoms with E-state index in [1.165, 1.54) is 25.3 Å². The highest BCUT2D eigenvalue weighted by atomic mass is 19.1. The molecule has 1 aliphatic carbocycles. The number of hydrogen-bond donors (Lipinski definition) is 1. The summed E-state index contributed by atoms with van der Waals surface area (Å²) in [6.07, 6.45) is 6.47. The SMILES string of the molecule is CN(CCc1c[nH]c2c(F)cc(F)cc12)C1CCC1. The summed E-state index contributed by atoms with van der Waals surface area (Å²) >= 11 is 0. The first kappa shape index (κ1) is 12.6. The van der Waals surface area contributed by atoms with Crippen molar-refractivity contribution in [2.75, 3.05) is 13.6 Å². The third-order valence-electron chi connectivity index (χ3n) is 4.22. The molecule has 0 radical (unpaired) electrons. The average Bonchev–Trinajstić information content (AvgIpc) is 2.67. The van der Waals surface area contributed by atoms with Crippen LogP contribution in [0, 0.1) is 11.6 Å². The molecule has 0 bridgehead atoms. The van der Waals surface area contributed by atoms with E-state index in [0.717, 1.165) is 24.6 Å². The predicted octanol–water partition coefficient (Wildman–Crippen LogP) is 3.47. The minimum absolute atomic E-state index is 0.405. The molecule has 1 aliphatic rings. The Hall–Kier alpha value is -1.42. The first-order valence-corrected chi connectivity index (χ1v) is 6.80. The van der Waals surface area contributed by atoms with Crippen LogP contribution in [0.15, 0.2) is 18.3 Å². The number of rotatable bonds is 4. The van der Waals surface area contributed by atoms with E-state index in [4.69, 9.17) is 0 Å². The number of nitrogens with one attached hydrogen (secondary N) is 1. The van der Waals surface area contributed by atoms with Gasteiger partial charge in [0.1, 0.15) is 11.6 Å². The average molecular weight is 264 g/mol. The Labute approximate surface area is 111 Å². The zero-order valence-corrected chi connectivity index (χ0v) is 11.0. The van der Waals surface area contributed by atoms with Crippen molar-refractivity contribution in [2.45, 2.75) is 31.7 Å². The van der Waals surface area contributed by atoms with E-state index < -0.39 is 11.6 Å². The molecule has 0 unspecified atom stereocenters. The number of fused-ring (bicyclic) bond motifs is 1. The van der Waals surface area contributed by atoms with Gasteiger partial charge in [-0.2, -0.15) is 0 Å². The molecule has 0 aliphatic heterocycles. The molecule has 3 rings (SSSR count). The highest BCUT2D eigenvalue weighted by Crippen LogP contribution is 2.25. The summed E-state index contributed by atoms with van der Waals surface area (Å²) in [4.78, 5) is 5.25. The molecule has 1 aromatic carbocycles. The Morgan fingerprint density at radius 1 is 1.32 bits per heavy atom. The normalized spacial score (nSPS) is 16.2. The van der Waals surface area contributed by atoms with E-state index in [2.05, 4.69) is 16.9 Å². The van der Waals surface area contributed by atoms with Crippen molar-refractivity contribution < 1.29 is 8.78 Å². The number of aromatic nitrogens is 1. The van der Waals surface area contributed by atoms with Crippen LogP contribution in [0.4, 0.5) is 8.78 Å². The summed E-state index contributed by atoms with van der Waals surface area (Å²) in [5.74, 6) is -1.04. The van der Waals surface area contributed by atoms with Crippen molar-refractivity contribution in [3.8, 4) is 0 Å². The predicted molar refractivity (Wildman–Crippen MR) is 72.2 cm³/mol. The first-order chi connectivity index (χ1) is 9.15. The first-order valence-electron chi connectivity index (χ1n) is 6.80. The lowest BCUT2D eigenvalue weighted by Crippen LogP contribution is -2.38. The van der Waals surface area contributed by atoms with E-state index >= 15 is 0 Å². The van der Waals surface area contributed by atoms with Gasteiger partial charge in [-0.05, 0) is 37.9 Å². The summed E-state index contributed by atoms with van der Waals surface area (Å²) < 4.78 is 26.9. The highest BCUT2D eigenvalue weighted by Gasteiger charge is 2.21. The van der Waals surface area contributed by atoms with Crippen molar-refractivity contribution in [3.63, 3.8) is 0 Å². The molecule has 1 saturated carbocycles. The second-order valence-corrected chi connectivity index (χ2v) is 5.44. The quantitative estimate of drug-likeness (QED) is 0.896. The summed E-state index contributed by atoms with van der Waals surface area (Å²) in [6, 6.07) is 3.02. The number of halogens is 2. The van der Waals surface area contributed by atoms with Crippen LogP contribution in [0.3, 0.4) is 0 Å². The largest absolute Gasteiger partial charge is 0.359 e. The molecular weight excluding hydrogens is 246 g/mol. The Morgan fingerprint density at radius 3 is 2.79 bits per heavy atom. The van der Waals surface area contributed by atoms with Crippen LogP contribution in [-0.4, -0.2) is 29.5 Å². The summed E-state index contributed by atoms with van der Waals surface area (Å²) in [6.45, 7) is 0.926. The molecule has 4 heteroatoms. The van der Waals surface area contributed by atoms with Gasteiger partial charge in [0, 0.05) is 30.2 Å². The lowest BCUT2D eigenvalue weighted by atomic mass is 9.91. The number of nitrogens with zero attached hydrogens (tertiary/aromatic N) is 1. The van der Waals surface area contributed by atoms with Crippen molar-refractivity contribution in [1.29, 1.82) is 0 Å². The zero-order chi connectivity index (χ0) is 13.4. The van der Waals surface area contributed by atoms with Gasteiger partial charge in [-0.25, -0.2) is 8.78 Å². The third-order valence-corrected chi connectivity index (χ3v) is 4.22. The fraction of sp³-hybridized carbons (Fsp3) is 0.467. The van der Waals surface area contributed by atoms with Crippen molar-refractivity contribution in [1.82, 2.24) is 9.88 Å². The Morgan fingerprint density at radius 2 is 2.11 bits per heavy atom. The monoisotopic (exact) mass is 264 g/mol. The Balaban J connectivity index is 1.77. The van der Waals surface area contributed by atoms with Crippen LogP contribution in [0.25, 0.3) is 10.9 Å². The number of H-pyrrole nitrogens is 1. The number of benzene rings is 1. The van der Waals surface area contributed by atoms with Gasteiger partial charge in [0.25, 0.3) is 0 Å². The van der Waals surface area contributed by atoms with Gasteiger partial charge >= 0.3 is 0 Å². The molecular formula is C15H18F2N2. The maximum Gasteiger partial charge on any atom is 0.150 e. The van der Waals surface area contributed by atoms with E-state index in [-0.39, 0.29) is 0 Å². The van der Waals surface area contributed by atoms with Crippen LogP contribution < -0.4 is 0 Å². The summed E-state index contributed by atoms with van der Waals surface area (Å²) in [7, 11) is 2.12. The van der Waals surface area contributed by atoms with Gasteiger partial charge in [-0.1, -0.05) is 6.42 Å². The number of aromatic amines is 1. The molecule has 19 heavy (non-hydrogen) atoms. The van der Waals surface area contributed by atoms with Gasteiger partial charge in [0.15, 0.2) is 0 Å². The fourth-order valence-electron chi connectivity index (χ4n) is 2.72. The van der Waals surface area contributed by atoms with Crippen LogP contribution in [0.2, 0.25) is 0 Å². The minimum atomic E-state index is -0.520. The smallest absolute Gasteiger partial charge is 0.150 e. The molecule has 102 valence electrons. The number of hydrogen-bond acceptors (Lipinski definition) is 1. The van der Waals surface area contributed by atoms with Crippen LogP contribution in [-0.2, 0) is 6.42 Å². The van der Waals surface area contributed by atoms with Gasteiger partial charge in [-0.15, -0.1) is 0 Å². The van der Waals surface area contributed by atoms with Crippen molar-refractivity contribution in [2.24, 2.45) is 0 Å². The fourth-order valence-corrected chi connectivity index (χ4v) is 2.72. The minimum Gasteiger partial charge on any atom is -0.359 e. The van der Waals surface area contributed by atoms with Gasteiger partial charge < -0.3 is 9.88 Å². The number of likely N-dealkylation sites (N-methyl/N-ethyl adjacent to an activating group) is 1. The topological polar surface area (TPSA) is 19.0 Å². The van der Waals surface area contributed by atoms with E-state index in [9.17, 15) is 8.78 Å². The molecule has 1 N–H and O–H groups in total. The summed E-state index contributed by atoms with van der Waals surface area (Å²) in [5.41, 5.74) is 1.39. The molecule has 1 heterocycles. The molecule has 0 saturated heterocycles. The third kappa shape index (κ3) is 2.37. The second-order valence-electron chi connectivity index (χ2n) is 5.44. The lowest BCUT2D eigenvalue weighted by molar-refractivity contribution is 0.161. The Bertz CT molecular complexity index is 587. The highest BCUT2D eigenvalue weighted by molar-refractivity contribution is 5.83. The molecule has 0 atom stereocenters. The van der Waals surface area contributed by atoms with Crippen LogP contribution >= 0.6 is 0 Å². The molecule has 1 fully saturated rings. The molecule has 1 aromatic heterocycles. The molecule has 2 nitrogen and oxygen atoms in total. The lowest BCUT2D eigenvalue weighted by Gasteiger charge is -2.34. The van der Waals surface area contributed by atoms with Gasteiger partial charge in [-0.3, -0.25) is 0 Å². The second kappa shape index (κ2) is 4.93. The summed E-state index contributed by atoms with van der Waals surface area (Å²) in [5, 5.41) is 0.666. The van der Waals surface area contributed by atoms with Gasteiger partial charge in [0.05, 0.1) is 5.52 Å². The van der Waals surface area contributed by atoms with Gasteiger partial charge in [0.2, 0.25) is 0 Å². The van der Waals surface area contributed by atoms with E-state index in [1.54, 1.807) is 6.20 Å². The maximum atomic E-state index is 13.6. The van der Waals surface area contributed by atoms with Crippen LogP contribution in [0.5, 0.6) is 0 Å². The van der Waals surface area contributed by atoms with Crippen molar-refractivity contribution >= 4 is 10.9 Å². The maximum absolute atomic E-state index is 13.6.